The highest BCUT2D eigenvalue weighted by atomic mass is 32.1. The molecule has 1 aliphatic rings. The lowest BCUT2D eigenvalue weighted by molar-refractivity contribution is -0.121. The molecule has 0 unspecified atom stereocenters. The molecule has 1 aromatic heterocycles. The number of rotatable bonds is 2. The Labute approximate surface area is 128 Å². The first-order valence-electron chi connectivity index (χ1n) is 7.12. The highest BCUT2D eigenvalue weighted by Gasteiger charge is 2.28. The van der Waals surface area contributed by atoms with Crippen LogP contribution in [0.1, 0.15) is 33.6 Å². The first-order valence-corrected chi connectivity index (χ1v) is 8.00. The van der Waals surface area contributed by atoms with E-state index in [-0.39, 0.29) is 23.4 Å². The molecule has 2 rings (SSSR count). The molecule has 116 valence electrons. The van der Waals surface area contributed by atoms with E-state index in [4.69, 9.17) is 0 Å². The Morgan fingerprint density at radius 2 is 2.00 bits per heavy atom. The zero-order valence-electron chi connectivity index (χ0n) is 12.7. The van der Waals surface area contributed by atoms with Crippen LogP contribution in [0.4, 0.5) is 9.93 Å². The monoisotopic (exact) mass is 310 g/mol. The summed E-state index contributed by atoms with van der Waals surface area (Å²) in [4.78, 5) is 30.0. The third-order valence-electron chi connectivity index (χ3n) is 3.30. The van der Waals surface area contributed by atoms with E-state index < -0.39 is 0 Å². The van der Waals surface area contributed by atoms with Crippen LogP contribution in [0, 0.1) is 5.92 Å². The number of nitrogens with one attached hydrogen (secondary N) is 2. The van der Waals surface area contributed by atoms with Crippen LogP contribution in [-0.2, 0) is 4.79 Å². The zero-order valence-corrected chi connectivity index (χ0v) is 13.5. The minimum absolute atomic E-state index is 0.000768. The molecule has 0 bridgehead atoms. The molecular weight excluding hydrogens is 288 g/mol. The molecule has 0 radical (unpaired) electrons. The van der Waals surface area contributed by atoms with Crippen molar-refractivity contribution in [2.75, 3.05) is 18.4 Å². The molecule has 2 N–H and O–H groups in total. The smallest absolute Gasteiger partial charge is 0.317 e. The van der Waals surface area contributed by atoms with E-state index in [1.165, 1.54) is 11.3 Å². The molecular formula is C14H22N4O2S. The summed E-state index contributed by atoms with van der Waals surface area (Å²) in [5.41, 5.74) is -0.240. The number of piperidine rings is 1. The van der Waals surface area contributed by atoms with Crippen molar-refractivity contribution >= 4 is 28.4 Å². The average molecular weight is 310 g/mol. The number of carbonyl (C=O) groups excluding carboxylic acids is 2. The lowest BCUT2D eigenvalue weighted by Gasteiger charge is -2.33. The van der Waals surface area contributed by atoms with Crippen LogP contribution in [-0.4, -0.2) is 40.5 Å². The highest BCUT2D eigenvalue weighted by molar-refractivity contribution is 7.13. The van der Waals surface area contributed by atoms with Gasteiger partial charge in [-0.05, 0) is 33.6 Å². The lowest BCUT2D eigenvalue weighted by Crippen LogP contribution is -2.51. The van der Waals surface area contributed by atoms with Gasteiger partial charge in [-0.2, -0.15) is 0 Å². The third kappa shape index (κ3) is 4.70. The number of anilines is 1. The topological polar surface area (TPSA) is 74.3 Å². The van der Waals surface area contributed by atoms with Gasteiger partial charge in [0.1, 0.15) is 0 Å². The summed E-state index contributed by atoms with van der Waals surface area (Å²) < 4.78 is 0. The van der Waals surface area contributed by atoms with Crippen molar-refractivity contribution in [2.45, 2.75) is 39.2 Å². The summed E-state index contributed by atoms with van der Waals surface area (Å²) in [7, 11) is 0. The van der Waals surface area contributed by atoms with Gasteiger partial charge < -0.3 is 15.5 Å². The first kappa shape index (κ1) is 15.8. The summed E-state index contributed by atoms with van der Waals surface area (Å²) >= 11 is 1.41. The van der Waals surface area contributed by atoms with Crippen molar-refractivity contribution in [1.29, 1.82) is 0 Å². The zero-order chi connectivity index (χ0) is 15.5. The molecule has 0 atom stereocenters. The van der Waals surface area contributed by atoms with Crippen LogP contribution in [0.15, 0.2) is 11.6 Å². The predicted octanol–water partition coefficient (Wildman–Crippen LogP) is 2.30. The fourth-order valence-corrected chi connectivity index (χ4v) is 2.77. The summed E-state index contributed by atoms with van der Waals surface area (Å²) in [6.45, 7) is 7.09. The van der Waals surface area contributed by atoms with Gasteiger partial charge in [0, 0.05) is 36.1 Å². The molecule has 0 aromatic carbocycles. The molecule has 1 fully saturated rings. The number of thiazole rings is 1. The highest BCUT2D eigenvalue weighted by Crippen LogP contribution is 2.20. The van der Waals surface area contributed by atoms with Gasteiger partial charge >= 0.3 is 6.03 Å². The molecule has 1 saturated heterocycles. The van der Waals surface area contributed by atoms with Gasteiger partial charge in [0.2, 0.25) is 5.91 Å². The van der Waals surface area contributed by atoms with Gasteiger partial charge in [0.15, 0.2) is 5.13 Å². The summed E-state index contributed by atoms with van der Waals surface area (Å²) in [5, 5.41) is 8.23. The van der Waals surface area contributed by atoms with Gasteiger partial charge in [0.05, 0.1) is 0 Å². The standard InChI is InChI=1S/C14H22N4O2S/c1-14(2,3)17-13(20)18-7-4-10(5-8-18)11(19)16-12-15-6-9-21-12/h6,9-10H,4-5,7-8H2,1-3H3,(H,17,20)(H,15,16,19). The van der Waals surface area contributed by atoms with Crippen LogP contribution < -0.4 is 10.6 Å². The fraction of sp³-hybridized carbons (Fsp3) is 0.643. The Morgan fingerprint density at radius 3 is 2.52 bits per heavy atom. The van der Waals surface area contributed by atoms with Gasteiger partial charge in [-0.25, -0.2) is 9.78 Å². The second kappa shape index (κ2) is 6.43. The average Bonchev–Trinajstić information content (AvgIpc) is 2.90. The van der Waals surface area contributed by atoms with Crippen molar-refractivity contribution in [3.8, 4) is 0 Å². The Balaban J connectivity index is 1.80. The van der Waals surface area contributed by atoms with Crippen molar-refractivity contribution in [1.82, 2.24) is 15.2 Å². The number of nitrogens with zero attached hydrogens (tertiary/aromatic N) is 2. The maximum Gasteiger partial charge on any atom is 0.317 e. The number of hydrogen-bond acceptors (Lipinski definition) is 4. The van der Waals surface area contributed by atoms with Gasteiger partial charge in [-0.3, -0.25) is 4.79 Å². The molecule has 1 aromatic rings. The number of amides is 3. The van der Waals surface area contributed by atoms with Crippen LogP contribution in [0.2, 0.25) is 0 Å². The first-order chi connectivity index (χ1) is 9.85. The molecule has 7 heteroatoms. The fourth-order valence-electron chi connectivity index (χ4n) is 2.24. The predicted molar refractivity (Wildman–Crippen MR) is 83.3 cm³/mol. The molecule has 1 aliphatic heterocycles. The van der Waals surface area contributed by atoms with E-state index in [9.17, 15) is 9.59 Å². The van der Waals surface area contributed by atoms with Gasteiger partial charge in [-0.1, -0.05) is 0 Å². The number of carbonyl (C=O) groups is 2. The third-order valence-corrected chi connectivity index (χ3v) is 3.99. The van der Waals surface area contributed by atoms with Crippen molar-refractivity contribution in [3.63, 3.8) is 0 Å². The van der Waals surface area contributed by atoms with Gasteiger partial charge in [-0.15, -0.1) is 11.3 Å². The van der Waals surface area contributed by atoms with Crippen molar-refractivity contribution in [2.24, 2.45) is 5.92 Å². The van der Waals surface area contributed by atoms with Crippen LogP contribution in [0.5, 0.6) is 0 Å². The van der Waals surface area contributed by atoms with Gasteiger partial charge in [0.25, 0.3) is 0 Å². The molecule has 6 nitrogen and oxygen atoms in total. The Hall–Kier alpha value is -1.63. The molecule has 2 heterocycles. The molecule has 3 amide bonds. The normalized spacial score (nSPS) is 16.6. The number of urea groups is 1. The minimum Gasteiger partial charge on any atom is -0.333 e. The maximum absolute atomic E-state index is 12.1. The SMILES string of the molecule is CC(C)(C)NC(=O)N1CCC(C(=O)Nc2nccs2)CC1. The lowest BCUT2D eigenvalue weighted by atomic mass is 9.96. The van der Waals surface area contributed by atoms with E-state index in [0.29, 0.717) is 31.1 Å². The molecule has 21 heavy (non-hydrogen) atoms. The summed E-state index contributed by atoms with van der Waals surface area (Å²) in [5.74, 6) is -0.0478. The van der Waals surface area contributed by atoms with E-state index in [2.05, 4.69) is 15.6 Å². The second-order valence-corrected chi connectivity index (χ2v) is 7.16. The minimum atomic E-state index is -0.240. The quantitative estimate of drug-likeness (QED) is 0.880. The van der Waals surface area contributed by atoms with E-state index in [1.807, 2.05) is 26.2 Å². The molecule has 0 saturated carbocycles. The Bertz CT molecular complexity index is 488. The van der Waals surface area contributed by atoms with Crippen LogP contribution >= 0.6 is 11.3 Å². The van der Waals surface area contributed by atoms with Crippen molar-refractivity contribution in [3.05, 3.63) is 11.6 Å². The number of likely N-dealkylation sites (tertiary alicyclic amines) is 1. The number of aromatic nitrogens is 1. The molecule has 0 aliphatic carbocycles. The largest absolute Gasteiger partial charge is 0.333 e. The Kier molecular flexibility index (Phi) is 4.82. The van der Waals surface area contributed by atoms with E-state index >= 15 is 0 Å². The summed E-state index contributed by atoms with van der Waals surface area (Å²) in [6, 6.07) is -0.0544. The number of hydrogen-bond donors (Lipinski definition) is 2. The Morgan fingerprint density at radius 1 is 1.33 bits per heavy atom. The van der Waals surface area contributed by atoms with Crippen LogP contribution in [0.25, 0.3) is 0 Å². The summed E-state index contributed by atoms with van der Waals surface area (Å²) in [6.07, 6.45) is 3.04. The van der Waals surface area contributed by atoms with E-state index in [0.717, 1.165) is 0 Å². The van der Waals surface area contributed by atoms with Crippen molar-refractivity contribution < 1.29 is 9.59 Å². The van der Waals surface area contributed by atoms with E-state index in [1.54, 1.807) is 11.1 Å². The second-order valence-electron chi connectivity index (χ2n) is 6.27. The molecule has 0 spiro atoms. The van der Waals surface area contributed by atoms with Crippen LogP contribution in [0.3, 0.4) is 0 Å². The maximum atomic E-state index is 12.1.